The Morgan fingerprint density at radius 1 is 1.00 bits per heavy atom. The van der Waals surface area contributed by atoms with Crippen LogP contribution in [-0.4, -0.2) is 0 Å². The summed E-state index contributed by atoms with van der Waals surface area (Å²) in [6.07, 6.45) is 2.54. The van der Waals surface area contributed by atoms with Crippen molar-refractivity contribution in [3.63, 3.8) is 0 Å². The summed E-state index contributed by atoms with van der Waals surface area (Å²) < 4.78 is 3.13. The summed E-state index contributed by atoms with van der Waals surface area (Å²) in [4.78, 5) is 0. The van der Waals surface area contributed by atoms with E-state index in [4.69, 9.17) is 11.6 Å². The molecule has 0 radical (unpaired) electrons. The van der Waals surface area contributed by atoms with Gasteiger partial charge in [-0.3, -0.25) is 0 Å². The zero-order valence-corrected chi connectivity index (χ0v) is 16.6. The molecule has 0 aliphatic heterocycles. The van der Waals surface area contributed by atoms with E-state index in [2.05, 4.69) is 77.4 Å². The summed E-state index contributed by atoms with van der Waals surface area (Å²) in [7, 11) is 0. The Morgan fingerprint density at radius 2 is 1.57 bits per heavy atom. The molecule has 5 heteroatoms. The van der Waals surface area contributed by atoms with Crippen molar-refractivity contribution in [3.05, 3.63) is 60.4 Å². The Hall–Kier alpha value is -0.0300. The van der Waals surface area contributed by atoms with Crippen molar-refractivity contribution in [1.29, 1.82) is 0 Å². The molecule has 1 aliphatic rings. The van der Waals surface area contributed by atoms with Crippen LogP contribution in [0.5, 0.6) is 0 Å². The molecule has 2 aromatic rings. The molecule has 0 amide bonds. The lowest BCUT2D eigenvalue weighted by atomic mass is 10.0. The fourth-order valence-electron chi connectivity index (χ4n) is 2.41. The monoisotopic (exact) mass is 491 g/mol. The largest absolute Gasteiger partial charge is 0.376 e. The summed E-state index contributed by atoms with van der Waals surface area (Å²) in [5.41, 5.74) is 2.37. The third-order valence-corrected chi connectivity index (χ3v) is 5.59. The standard InChI is InChI=1S/C16H13Br3ClN/c17-11-7-13(18)16(14(19)8-11)21-15(9-1-2-9)10-3-5-12(20)6-4-10/h3-9,15,21H,1-2H2. The number of anilines is 1. The molecule has 0 heterocycles. The molecule has 1 N–H and O–H groups in total. The highest BCUT2D eigenvalue weighted by Crippen LogP contribution is 2.45. The molecule has 1 saturated carbocycles. The van der Waals surface area contributed by atoms with Gasteiger partial charge in [-0.05, 0) is 80.4 Å². The van der Waals surface area contributed by atoms with Crippen LogP contribution in [0.4, 0.5) is 5.69 Å². The second kappa shape index (κ2) is 6.61. The predicted molar refractivity (Wildman–Crippen MR) is 100 cm³/mol. The van der Waals surface area contributed by atoms with E-state index in [9.17, 15) is 0 Å². The molecule has 21 heavy (non-hydrogen) atoms. The van der Waals surface area contributed by atoms with Crippen molar-refractivity contribution >= 4 is 65.1 Å². The molecule has 2 aromatic carbocycles. The van der Waals surface area contributed by atoms with Crippen molar-refractivity contribution in [3.8, 4) is 0 Å². The van der Waals surface area contributed by atoms with Crippen LogP contribution in [0.2, 0.25) is 5.02 Å². The SMILES string of the molecule is Clc1ccc(C(Nc2c(Br)cc(Br)cc2Br)C2CC2)cc1. The molecule has 0 spiro atoms. The Morgan fingerprint density at radius 3 is 2.10 bits per heavy atom. The molecule has 0 bridgehead atoms. The third kappa shape index (κ3) is 3.84. The van der Waals surface area contributed by atoms with Crippen molar-refractivity contribution in [1.82, 2.24) is 0 Å². The van der Waals surface area contributed by atoms with Gasteiger partial charge < -0.3 is 5.32 Å². The van der Waals surface area contributed by atoms with E-state index in [0.29, 0.717) is 12.0 Å². The smallest absolute Gasteiger partial charge is 0.0634 e. The summed E-state index contributed by atoms with van der Waals surface area (Å²) in [6, 6.07) is 12.6. The Kier molecular flexibility index (Phi) is 4.99. The highest BCUT2D eigenvalue weighted by atomic mass is 79.9. The van der Waals surface area contributed by atoms with Gasteiger partial charge in [-0.25, -0.2) is 0 Å². The van der Waals surface area contributed by atoms with Crippen LogP contribution in [0.25, 0.3) is 0 Å². The van der Waals surface area contributed by atoms with E-state index < -0.39 is 0 Å². The van der Waals surface area contributed by atoms with Crippen LogP contribution < -0.4 is 5.32 Å². The first-order valence-electron chi connectivity index (χ1n) is 6.71. The molecule has 1 nitrogen and oxygen atoms in total. The number of hydrogen-bond acceptors (Lipinski definition) is 1. The van der Waals surface area contributed by atoms with E-state index in [-0.39, 0.29) is 0 Å². The van der Waals surface area contributed by atoms with Gasteiger partial charge in [0.15, 0.2) is 0 Å². The fraction of sp³-hybridized carbons (Fsp3) is 0.250. The average molecular weight is 494 g/mol. The summed E-state index contributed by atoms with van der Waals surface area (Å²) in [5, 5.41) is 4.46. The first-order valence-corrected chi connectivity index (χ1v) is 9.47. The lowest BCUT2D eigenvalue weighted by Crippen LogP contribution is -2.13. The lowest BCUT2D eigenvalue weighted by Gasteiger charge is -2.22. The van der Waals surface area contributed by atoms with E-state index >= 15 is 0 Å². The topological polar surface area (TPSA) is 12.0 Å². The maximum atomic E-state index is 6.00. The van der Waals surface area contributed by atoms with Crippen molar-refractivity contribution in [2.24, 2.45) is 5.92 Å². The molecule has 1 atom stereocenters. The molecule has 3 rings (SSSR count). The minimum absolute atomic E-state index is 0.316. The van der Waals surface area contributed by atoms with Gasteiger partial charge in [-0.1, -0.05) is 39.7 Å². The van der Waals surface area contributed by atoms with E-state index in [0.717, 1.165) is 24.1 Å². The lowest BCUT2D eigenvalue weighted by molar-refractivity contribution is 0.678. The maximum absolute atomic E-state index is 6.00. The van der Waals surface area contributed by atoms with Crippen LogP contribution in [0.3, 0.4) is 0 Å². The highest BCUT2D eigenvalue weighted by Gasteiger charge is 2.33. The summed E-state index contributed by atoms with van der Waals surface area (Å²) in [5.74, 6) is 0.689. The Bertz CT molecular complexity index is 630. The predicted octanol–water partition coefficient (Wildman–Crippen LogP) is 7.19. The molecule has 0 aromatic heterocycles. The zero-order valence-electron chi connectivity index (χ0n) is 11.0. The number of hydrogen-bond donors (Lipinski definition) is 1. The first kappa shape index (κ1) is 15.9. The van der Waals surface area contributed by atoms with E-state index in [1.165, 1.54) is 18.4 Å². The van der Waals surface area contributed by atoms with Gasteiger partial charge in [0.25, 0.3) is 0 Å². The quantitative estimate of drug-likeness (QED) is 0.475. The van der Waals surface area contributed by atoms with Gasteiger partial charge in [0.1, 0.15) is 0 Å². The van der Waals surface area contributed by atoms with Gasteiger partial charge in [-0.15, -0.1) is 0 Å². The second-order valence-electron chi connectivity index (χ2n) is 5.26. The molecular weight excluding hydrogens is 481 g/mol. The Balaban J connectivity index is 1.91. The Labute approximate surface area is 154 Å². The minimum atomic E-state index is 0.316. The van der Waals surface area contributed by atoms with E-state index in [1.54, 1.807) is 0 Å². The van der Waals surface area contributed by atoms with Crippen LogP contribution in [-0.2, 0) is 0 Å². The molecule has 1 unspecified atom stereocenters. The molecule has 0 saturated heterocycles. The normalized spacial score (nSPS) is 15.8. The van der Waals surface area contributed by atoms with Crippen LogP contribution in [0.1, 0.15) is 24.4 Å². The summed E-state index contributed by atoms with van der Waals surface area (Å²) in [6.45, 7) is 0. The van der Waals surface area contributed by atoms with Gasteiger partial charge in [-0.2, -0.15) is 0 Å². The number of rotatable bonds is 4. The van der Waals surface area contributed by atoms with Crippen molar-refractivity contribution in [2.75, 3.05) is 5.32 Å². The van der Waals surface area contributed by atoms with Gasteiger partial charge in [0.2, 0.25) is 0 Å². The molecular formula is C16H13Br3ClN. The van der Waals surface area contributed by atoms with Crippen molar-refractivity contribution < 1.29 is 0 Å². The minimum Gasteiger partial charge on any atom is -0.376 e. The average Bonchev–Trinajstić information content (AvgIpc) is 3.24. The second-order valence-corrected chi connectivity index (χ2v) is 8.32. The number of benzene rings is 2. The van der Waals surface area contributed by atoms with Gasteiger partial charge in [0.05, 0.1) is 11.7 Å². The highest BCUT2D eigenvalue weighted by molar-refractivity contribution is 9.11. The number of halogens is 4. The van der Waals surface area contributed by atoms with Crippen LogP contribution in [0.15, 0.2) is 49.8 Å². The van der Waals surface area contributed by atoms with Gasteiger partial charge in [0, 0.05) is 18.4 Å². The van der Waals surface area contributed by atoms with Crippen LogP contribution >= 0.6 is 59.4 Å². The first-order chi connectivity index (χ1) is 10.0. The summed E-state index contributed by atoms with van der Waals surface area (Å²) >= 11 is 16.8. The molecule has 1 aliphatic carbocycles. The van der Waals surface area contributed by atoms with E-state index in [1.807, 2.05) is 12.1 Å². The van der Waals surface area contributed by atoms with Gasteiger partial charge >= 0.3 is 0 Å². The third-order valence-electron chi connectivity index (χ3n) is 3.63. The zero-order chi connectivity index (χ0) is 15.0. The number of nitrogens with one attached hydrogen (secondary N) is 1. The molecule has 1 fully saturated rings. The maximum Gasteiger partial charge on any atom is 0.0634 e. The van der Waals surface area contributed by atoms with Crippen LogP contribution in [0, 0.1) is 5.92 Å². The molecule has 110 valence electrons. The van der Waals surface area contributed by atoms with Crippen molar-refractivity contribution in [2.45, 2.75) is 18.9 Å². The fourth-order valence-corrected chi connectivity index (χ4v) is 5.02.